The lowest BCUT2D eigenvalue weighted by Crippen LogP contribution is -2.49. The van der Waals surface area contributed by atoms with Crippen molar-refractivity contribution in [3.8, 4) is 11.5 Å². The first-order valence-corrected chi connectivity index (χ1v) is 15.8. The van der Waals surface area contributed by atoms with E-state index in [4.69, 9.17) is 33.9 Å². The zero-order valence-corrected chi connectivity index (χ0v) is 27.6. The van der Waals surface area contributed by atoms with E-state index in [9.17, 15) is 34.5 Å². The van der Waals surface area contributed by atoms with Gasteiger partial charge in [0.25, 0.3) is 0 Å². The largest absolute Gasteiger partial charge is 0.547 e. The van der Waals surface area contributed by atoms with Crippen LogP contribution in [0, 0.1) is 0 Å². The molecule has 5 atom stereocenters. The summed E-state index contributed by atoms with van der Waals surface area (Å²) in [5.41, 5.74) is -1.42. The molecule has 4 aliphatic rings. The maximum atomic E-state index is 13.8. The van der Waals surface area contributed by atoms with Crippen LogP contribution in [0.1, 0.15) is 321 Å². The van der Waals surface area contributed by atoms with E-state index in [2.05, 4.69) is 11.0 Å². The number of aliphatic hydroxyl groups excluding tert-OH is 1. The molecule has 1 spiro atoms. The van der Waals surface area contributed by atoms with Crippen LogP contribution < -0.4 is 14.6 Å². The molecule has 1 fully saturated rings. The lowest BCUT2D eigenvalue weighted by atomic mass is 9.77. The number of aliphatic carboxylic acids is 2. The van der Waals surface area contributed by atoms with Gasteiger partial charge in [0.15, 0.2) is 23.2 Å². The molecule has 3 heterocycles. The van der Waals surface area contributed by atoms with Crippen molar-refractivity contribution in [1.29, 1.82) is 0 Å². The van der Waals surface area contributed by atoms with Crippen molar-refractivity contribution in [2.24, 2.45) is 0 Å². The van der Waals surface area contributed by atoms with E-state index in [0.29, 0.717) is 30.1 Å². The van der Waals surface area contributed by atoms with Gasteiger partial charge in [0.1, 0.15) is 11.9 Å². The second-order valence-corrected chi connectivity index (χ2v) is 13.2. The predicted octanol–water partition coefficient (Wildman–Crippen LogP) is 21.1. The average molecular weight is 1210 g/mol. The maximum Gasteiger partial charge on any atom is 0.339 e. The normalized spacial score (nSPS) is 14.4. The number of nitrogens with zero attached hydrogens (tertiary/aromatic N) is 1. The van der Waals surface area contributed by atoms with E-state index in [0.717, 1.165) is 43.5 Å². The maximum absolute atomic E-state index is 13.8. The number of methoxy groups -OCH3 is 2. The Balaban J connectivity index is -0.0000000207. The summed E-state index contributed by atoms with van der Waals surface area (Å²) in [5.74, 6) is -3.20. The molecule has 1 aliphatic carbocycles. The van der Waals surface area contributed by atoms with Crippen LogP contribution in [0.4, 0.5) is 0 Å². The minimum atomic E-state index is -2.12. The topological polar surface area (TPSA) is 222 Å². The Morgan fingerprint density at radius 1 is 0.667 bits per heavy atom. The Labute approximate surface area is 521 Å². The van der Waals surface area contributed by atoms with Gasteiger partial charge in [-0.1, -0.05) is 245 Å². The van der Waals surface area contributed by atoms with E-state index in [1.165, 1.54) is 7.11 Å². The third kappa shape index (κ3) is 47.2. The van der Waals surface area contributed by atoms with Crippen molar-refractivity contribution in [3.05, 3.63) is 35.1 Å². The van der Waals surface area contributed by atoms with Crippen molar-refractivity contribution in [1.82, 2.24) is 4.90 Å². The van der Waals surface area contributed by atoms with Crippen LogP contribution in [0.25, 0.3) is 0 Å². The summed E-state index contributed by atoms with van der Waals surface area (Å²) in [5, 5.41) is 47.4. The Bertz CT molecular complexity index is 1430. The van der Waals surface area contributed by atoms with Gasteiger partial charge in [-0.05, 0) is 88.3 Å². The highest BCUT2D eigenvalue weighted by molar-refractivity contribution is 5.86. The second kappa shape index (κ2) is 82.5. The summed E-state index contributed by atoms with van der Waals surface area (Å²) < 4.78 is 28.1. The molecule has 0 radical (unpaired) electrons. The number of fused-ring (bicyclic) bond motifs is 3. The molecule has 0 unspecified atom stereocenters. The van der Waals surface area contributed by atoms with Gasteiger partial charge in [0, 0.05) is 6.54 Å². The molecule has 3 aliphatic heterocycles. The summed E-state index contributed by atoms with van der Waals surface area (Å²) in [7, 11) is 2.76. The molecule has 81 heavy (non-hydrogen) atoms. The van der Waals surface area contributed by atoms with Crippen molar-refractivity contribution in [3.63, 3.8) is 0 Å². The van der Waals surface area contributed by atoms with Gasteiger partial charge in [-0.3, -0.25) is 14.5 Å². The molecule has 1 saturated heterocycles. The smallest absolute Gasteiger partial charge is 0.339 e. The standard InChI is InChI=1S/C29H39NO9.C4H6O5.33CH4/c1-27(2,33)8-5-10-29(34,16-23(31)36-4)26(32)39-25-22(35-3)15-28-9-6-11-30(28)12-7-18-13-20-21(38-17-37-20)14-19(18)24(25)28;5-2(4(8)9)1-3(6)7;;;;;;;;;;;;;;;;;;;;;;;;;;;;;;;;;/h13-15,24-25,33-34H,5-12,16-17H2,1-4H3;2,5H,1H2,(H,6,7)(H,8,9);33*1H4/p-1/t24-,25-,28+,29+;2-;;;;;;;;;;;;;;;;;;;;;;;;;;;;;;;;;/m11................................./s1. The number of carboxylic acid groups (broad SMARTS) is 2. The van der Waals surface area contributed by atoms with E-state index in [1.807, 2.05) is 12.1 Å². The highest BCUT2D eigenvalue weighted by Crippen LogP contribution is 2.55. The van der Waals surface area contributed by atoms with Gasteiger partial charge >= 0.3 is 17.9 Å². The third-order valence-corrected chi connectivity index (χ3v) is 9.26. The molecule has 1 aromatic rings. The van der Waals surface area contributed by atoms with Crippen LogP contribution in [0.2, 0.25) is 0 Å². The number of ether oxygens (including phenoxy) is 5. The van der Waals surface area contributed by atoms with Crippen LogP contribution in [0.3, 0.4) is 0 Å². The first-order chi connectivity index (χ1) is 22.5. The Morgan fingerprint density at radius 3 is 1.42 bits per heavy atom. The SMILES string of the molecule is C.C.C.C.C.C.C.C.C.C.C.C.C.C.C.C.C.C.C.C.C.C.C.C.C.C.C.C.C.C.C.C.C.COC(=O)C[C@@](O)(CCCC(C)(C)O)C(=O)O[C@@H]1C(OC)=C[C@]23CCCN2CCc2cc4c(cc2[C@H]13)OCO4.O=C(O)C[C@@H](O)C(=O)[O-]. The number of carbonyl (C=O) groups excluding carboxylic acids is 3. The molecule has 0 bridgehead atoms. The summed E-state index contributed by atoms with van der Waals surface area (Å²) in [6.45, 7) is 5.21. The summed E-state index contributed by atoms with van der Waals surface area (Å²) in [6.07, 6.45) is 1.22. The van der Waals surface area contributed by atoms with E-state index < -0.39 is 65.7 Å². The lowest BCUT2D eigenvalue weighted by Gasteiger charge is -2.39. The number of carboxylic acids is 2. The fourth-order valence-corrected chi connectivity index (χ4v) is 6.96. The number of aliphatic hydroxyl groups is 3. The Morgan fingerprint density at radius 2 is 1.07 bits per heavy atom. The molecule has 1 aromatic carbocycles. The fourth-order valence-electron chi connectivity index (χ4n) is 6.96. The first kappa shape index (κ1) is 201. The number of hydrogen-bond acceptors (Lipinski definition) is 14. The molecule has 15 nitrogen and oxygen atoms in total. The third-order valence-electron chi connectivity index (χ3n) is 9.26. The summed E-state index contributed by atoms with van der Waals surface area (Å²) >= 11 is 0. The number of carbonyl (C=O) groups is 4. The zero-order valence-electron chi connectivity index (χ0n) is 27.6. The van der Waals surface area contributed by atoms with Crippen LogP contribution in [0.5, 0.6) is 11.5 Å². The van der Waals surface area contributed by atoms with Crippen LogP contribution in [-0.4, -0.2) is 112 Å². The molecule has 0 aromatic heterocycles. The molecule has 530 valence electrons. The second-order valence-electron chi connectivity index (χ2n) is 13.2. The van der Waals surface area contributed by atoms with Crippen molar-refractivity contribution < 1.29 is 68.4 Å². The lowest BCUT2D eigenvalue weighted by molar-refractivity contribution is -0.315. The molecule has 15 heteroatoms. The Kier molecular flexibility index (Phi) is 205. The highest BCUT2D eigenvalue weighted by atomic mass is 16.7. The first-order valence-electron chi connectivity index (χ1n) is 15.8. The number of esters is 2. The van der Waals surface area contributed by atoms with Crippen LogP contribution >= 0.6 is 0 Å². The minimum Gasteiger partial charge on any atom is -0.547 e. The summed E-state index contributed by atoms with van der Waals surface area (Å²) in [6, 6.07) is 4.00. The van der Waals surface area contributed by atoms with E-state index in [1.54, 1.807) is 21.0 Å². The van der Waals surface area contributed by atoms with Gasteiger partial charge in [0.05, 0.1) is 50.1 Å². The zero-order chi connectivity index (χ0) is 35.4. The monoisotopic (exact) mass is 1210 g/mol. The molecule has 5 rings (SSSR count). The van der Waals surface area contributed by atoms with Crippen LogP contribution in [0.15, 0.2) is 24.0 Å². The molecular formula is C66H176NO14-. The number of rotatable bonds is 12. The highest BCUT2D eigenvalue weighted by Gasteiger charge is 2.59. The Hall–Kier alpha value is -3.92. The van der Waals surface area contributed by atoms with Gasteiger partial charge in [-0.25, -0.2) is 4.79 Å². The molecule has 4 N–H and O–H groups in total. The van der Waals surface area contributed by atoms with Gasteiger partial charge in [-0.15, -0.1) is 0 Å². The number of benzene rings is 1. The van der Waals surface area contributed by atoms with Crippen molar-refractivity contribution in [2.45, 2.75) is 345 Å². The van der Waals surface area contributed by atoms with Crippen molar-refractivity contribution >= 4 is 23.9 Å². The predicted molar refractivity (Wildman–Crippen MR) is 385 cm³/mol. The summed E-state index contributed by atoms with van der Waals surface area (Å²) in [4.78, 5) is 47.7. The molecule has 0 amide bonds. The van der Waals surface area contributed by atoms with Crippen molar-refractivity contribution in [2.75, 3.05) is 34.1 Å². The van der Waals surface area contributed by atoms with Gasteiger partial charge < -0.3 is 54.0 Å². The van der Waals surface area contributed by atoms with Gasteiger partial charge in [-0.2, -0.15) is 0 Å². The fraction of sp³-hybridized carbons (Fsp3) is 0.818. The quantitative estimate of drug-likeness (QED) is 0.143. The molecule has 0 saturated carbocycles. The van der Waals surface area contributed by atoms with Gasteiger partial charge in [0.2, 0.25) is 6.79 Å². The average Bonchev–Trinajstić information content (AvgIpc) is 3.69. The number of hydrogen-bond donors (Lipinski definition) is 4. The van der Waals surface area contributed by atoms with E-state index in [-0.39, 0.29) is 264 Å². The van der Waals surface area contributed by atoms with E-state index >= 15 is 0 Å². The minimum absolute atomic E-state index is 0. The molecular weight excluding hydrogens is 1030 g/mol. The van der Waals surface area contributed by atoms with Crippen LogP contribution in [-0.2, 0) is 39.8 Å².